The summed E-state index contributed by atoms with van der Waals surface area (Å²) in [7, 11) is 0. The first-order valence-electron chi connectivity index (χ1n) is 10.2. The summed E-state index contributed by atoms with van der Waals surface area (Å²) in [5, 5.41) is 22.4. The van der Waals surface area contributed by atoms with Gasteiger partial charge in [0, 0.05) is 24.7 Å². The number of aliphatic hydroxyl groups is 2. The third kappa shape index (κ3) is 3.07. The number of rotatable bonds is 2. The zero-order chi connectivity index (χ0) is 20.3. The summed E-state index contributed by atoms with van der Waals surface area (Å²) in [5.74, 6) is 0.139. The molecule has 0 saturated heterocycles. The smallest absolute Gasteiger partial charge is 0.302 e. The van der Waals surface area contributed by atoms with Crippen LogP contribution >= 0.6 is 0 Å². The van der Waals surface area contributed by atoms with Gasteiger partial charge in [-0.2, -0.15) is 0 Å². The molecule has 0 aromatic carbocycles. The number of fused-ring (bicyclic) bond motifs is 2. The van der Waals surface area contributed by atoms with Crippen LogP contribution in [-0.2, 0) is 14.3 Å². The van der Waals surface area contributed by atoms with Gasteiger partial charge in [0.15, 0.2) is 5.78 Å². The van der Waals surface area contributed by atoms with Crippen LogP contribution in [0.1, 0.15) is 67.2 Å². The van der Waals surface area contributed by atoms with Gasteiger partial charge in [-0.25, -0.2) is 0 Å². The largest absolute Gasteiger partial charge is 0.462 e. The van der Waals surface area contributed by atoms with Gasteiger partial charge in [0.25, 0.3) is 0 Å². The van der Waals surface area contributed by atoms with E-state index < -0.39 is 23.0 Å². The maximum Gasteiger partial charge on any atom is 0.302 e. The SMILES string of the molecule is CC(=O)OC1CC(C(C)C)C2CC(O)C(C)C3(O)CC(=O)C(C)=C3CC12C. The molecule has 2 fully saturated rings. The number of ether oxygens (including phenoxy) is 1. The van der Waals surface area contributed by atoms with E-state index in [0.29, 0.717) is 30.3 Å². The highest BCUT2D eigenvalue weighted by molar-refractivity contribution is 6.00. The fraction of sp³-hybridized carbons (Fsp3) is 0.818. The molecule has 0 amide bonds. The molecule has 0 spiro atoms. The van der Waals surface area contributed by atoms with Gasteiger partial charge >= 0.3 is 5.97 Å². The van der Waals surface area contributed by atoms with Crippen molar-refractivity contribution in [1.82, 2.24) is 0 Å². The van der Waals surface area contributed by atoms with Crippen molar-refractivity contribution in [3.8, 4) is 0 Å². The predicted octanol–water partition coefficient (Wildman–Crippen LogP) is 3.03. The molecule has 5 nitrogen and oxygen atoms in total. The quantitative estimate of drug-likeness (QED) is 0.722. The van der Waals surface area contributed by atoms with Crippen LogP contribution in [0.3, 0.4) is 0 Å². The highest BCUT2D eigenvalue weighted by atomic mass is 16.5. The van der Waals surface area contributed by atoms with Crippen LogP contribution in [0.4, 0.5) is 0 Å². The molecule has 7 unspecified atom stereocenters. The second-order valence-corrected chi connectivity index (χ2v) is 9.75. The van der Waals surface area contributed by atoms with Crippen molar-refractivity contribution in [2.75, 3.05) is 0 Å². The van der Waals surface area contributed by atoms with Crippen LogP contribution in [0.25, 0.3) is 0 Å². The molecule has 7 atom stereocenters. The van der Waals surface area contributed by atoms with Gasteiger partial charge in [0.1, 0.15) is 6.10 Å². The lowest BCUT2D eigenvalue weighted by Gasteiger charge is -2.47. The molecule has 0 heterocycles. The first-order chi connectivity index (χ1) is 12.4. The van der Waals surface area contributed by atoms with E-state index in [2.05, 4.69) is 20.8 Å². The summed E-state index contributed by atoms with van der Waals surface area (Å²) < 4.78 is 5.76. The summed E-state index contributed by atoms with van der Waals surface area (Å²) in [6.45, 7) is 11.5. The summed E-state index contributed by atoms with van der Waals surface area (Å²) >= 11 is 0. The Morgan fingerprint density at radius 2 is 1.89 bits per heavy atom. The summed E-state index contributed by atoms with van der Waals surface area (Å²) in [5.41, 5.74) is -0.344. The number of ketones is 1. The minimum absolute atomic E-state index is 0.0407. The Kier molecular flexibility index (Phi) is 5.09. The zero-order valence-electron chi connectivity index (χ0n) is 17.4. The summed E-state index contributed by atoms with van der Waals surface area (Å²) in [4.78, 5) is 24.2. The molecule has 2 saturated carbocycles. The minimum atomic E-state index is -1.30. The summed E-state index contributed by atoms with van der Waals surface area (Å²) in [6.07, 6.45) is 0.918. The average Bonchev–Trinajstić information content (AvgIpc) is 2.94. The van der Waals surface area contributed by atoms with Crippen LogP contribution in [0.2, 0.25) is 0 Å². The van der Waals surface area contributed by atoms with Gasteiger partial charge < -0.3 is 14.9 Å². The molecule has 0 radical (unpaired) electrons. The van der Waals surface area contributed by atoms with Gasteiger partial charge in [0.05, 0.1) is 11.7 Å². The molecule has 27 heavy (non-hydrogen) atoms. The first-order valence-corrected chi connectivity index (χ1v) is 10.2. The number of allylic oxidation sites excluding steroid dienone is 1. The van der Waals surface area contributed by atoms with Gasteiger partial charge in [-0.05, 0) is 55.1 Å². The number of Topliss-reactive ketones (excluding diaryl/α,β-unsaturated/α-hetero) is 1. The van der Waals surface area contributed by atoms with Gasteiger partial charge in [-0.3, -0.25) is 9.59 Å². The van der Waals surface area contributed by atoms with E-state index in [-0.39, 0.29) is 30.2 Å². The number of carbonyl (C=O) groups excluding carboxylic acids is 2. The van der Waals surface area contributed by atoms with Gasteiger partial charge in [-0.1, -0.05) is 27.7 Å². The van der Waals surface area contributed by atoms with Gasteiger partial charge in [0.2, 0.25) is 0 Å². The summed E-state index contributed by atoms with van der Waals surface area (Å²) in [6, 6.07) is 0. The highest BCUT2D eigenvalue weighted by Crippen LogP contribution is 2.60. The van der Waals surface area contributed by atoms with E-state index in [9.17, 15) is 19.8 Å². The van der Waals surface area contributed by atoms with E-state index >= 15 is 0 Å². The van der Waals surface area contributed by atoms with Crippen molar-refractivity contribution in [3.63, 3.8) is 0 Å². The number of esters is 1. The minimum Gasteiger partial charge on any atom is -0.462 e. The molecule has 3 rings (SSSR count). The van der Waals surface area contributed by atoms with E-state index in [1.165, 1.54) is 6.92 Å². The Morgan fingerprint density at radius 1 is 1.26 bits per heavy atom. The van der Waals surface area contributed by atoms with Crippen LogP contribution < -0.4 is 0 Å². The zero-order valence-corrected chi connectivity index (χ0v) is 17.4. The Morgan fingerprint density at radius 3 is 2.44 bits per heavy atom. The molecular formula is C22H34O5. The number of carbonyl (C=O) groups is 2. The number of hydrogen-bond donors (Lipinski definition) is 2. The molecule has 0 aromatic rings. The molecule has 2 N–H and O–H groups in total. The molecule has 3 aliphatic carbocycles. The van der Waals surface area contributed by atoms with E-state index in [1.54, 1.807) is 6.92 Å². The van der Waals surface area contributed by atoms with E-state index in [0.717, 1.165) is 12.0 Å². The Hall–Kier alpha value is -1.20. The van der Waals surface area contributed by atoms with Crippen molar-refractivity contribution in [3.05, 3.63) is 11.1 Å². The van der Waals surface area contributed by atoms with E-state index in [1.807, 2.05) is 6.92 Å². The van der Waals surface area contributed by atoms with Gasteiger partial charge in [-0.15, -0.1) is 0 Å². The normalized spacial score (nSPS) is 44.8. The maximum atomic E-state index is 12.5. The topological polar surface area (TPSA) is 83.8 Å². The molecular weight excluding hydrogens is 344 g/mol. The lowest BCUT2D eigenvalue weighted by Crippen LogP contribution is -2.50. The van der Waals surface area contributed by atoms with Crippen LogP contribution in [0.15, 0.2) is 11.1 Å². The van der Waals surface area contributed by atoms with Crippen molar-refractivity contribution in [2.24, 2.45) is 29.1 Å². The molecule has 152 valence electrons. The third-order valence-corrected chi connectivity index (χ3v) is 7.96. The predicted molar refractivity (Wildman–Crippen MR) is 102 cm³/mol. The maximum absolute atomic E-state index is 12.5. The van der Waals surface area contributed by atoms with Crippen molar-refractivity contribution in [2.45, 2.75) is 85.0 Å². The Labute approximate surface area is 162 Å². The standard InChI is InChI=1S/C22H34O5/c1-11(2)15-7-20(27-14(5)23)21(6)9-17-12(3)19(25)10-22(17,26)13(4)18(24)8-16(15)21/h11,13,15-16,18,20,24,26H,7-10H2,1-6H3. The molecule has 0 aliphatic heterocycles. The van der Waals surface area contributed by atoms with Crippen LogP contribution in [0.5, 0.6) is 0 Å². The van der Waals surface area contributed by atoms with E-state index in [4.69, 9.17) is 4.74 Å². The first kappa shape index (κ1) is 20.5. The third-order valence-electron chi connectivity index (χ3n) is 7.96. The van der Waals surface area contributed by atoms with Crippen molar-refractivity contribution in [1.29, 1.82) is 0 Å². The average molecular weight is 379 g/mol. The van der Waals surface area contributed by atoms with Crippen LogP contribution in [0, 0.1) is 29.1 Å². The molecule has 3 aliphatic rings. The second kappa shape index (κ2) is 6.70. The number of hydrogen-bond acceptors (Lipinski definition) is 5. The lowest BCUT2D eigenvalue weighted by molar-refractivity contribution is -0.153. The fourth-order valence-corrected chi connectivity index (χ4v) is 6.08. The Balaban J connectivity index is 2.12. The van der Waals surface area contributed by atoms with Crippen LogP contribution in [-0.4, -0.2) is 39.8 Å². The fourth-order valence-electron chi connectivity index (χ4n) is 6.08. The Bertz CT molecular complexity index is 680. The van der Waals surface area contributed by atoms with Crippen molar-refractivity contribution < 1.29 is 24.5 Å². The molecule has 0 aromatic heterocycles. The lowest BCUT2D eigenvalue weighted by atomic mass is 9.61. The second-order valence-electron chi connectivity index (χ2n) is 9.75. The highest BCUT2D eigenvalue weighted by Gasteiger charge is 2.60. The van der Waals surface area contributed by atoms with Crippen molar-refractivity contribution >= 4 is 11.8 Å². The number of aliphatic hydroxyl groups excluding tert-OH is 1. The molecule has 5 heteroatoms. The monoisotopic (exact) mass is 378 g/mol. The molecule has 0 bridgehead atoms.